The molecule has 5 nitrogen and oxygen atoms in total. The Morgan fingerprint density at radius 1 is 1.38 bits per heavy atom. The minimum atomic E-state index is -0.996. The number of carbonyl (C=O) groups excluding carboxylic acids is 1. The van der Waals surface area contributed by atoms with E-state index in [0.29, 0.717) is 6.61 Å². The van der Waals surface area contributed by atoms with Crippen molar-refractivity contribution in [2.45, 2.75) is 39.7 Å². The molecule has 0 heterocycles. The highest BCUT2D eigenvalue weighted by molar-refractivity contribution is 5.82. The van der Waals surface area contributed by atoms with Crippen molar-refractivity contribution in [3.63, 3.8) is 0 Å². The molecule has 94 valence electrons. The summed E-state index contributed by atoms with van der Waals surface area (Å²) in [6.07, 6.45) is 1.57. The van der Waals surface area contributed by atoms with Crippen LogP contribution >= 0.6 is 0 Å². The number of carbonyl (C=O) groups is 2. The van der Waals surface area contributed by atoms with Crippen LogP contribution in [0, 0.1) is 0 Å². The molecule has 16 heavy (non-hydrogen) atoms. The lowest BCUT2D eigenvalue weighted by Crippen LogP contribution is -2.43. The molecule has 0 radical (unpaired) electrons. The maximum atomic E-state index is 11.7. The van der Waals surface area contributed by atoms with Gasteiger partial charge in [-0.15, -0.1) is 0 Å². The molecule has 0 saturated carbocycles. The Kier molecular flexibility index (Phi) is 7.54. The predicted molar refractivity (Wildman–Crippen MR) is 60.2 cm³/mol. The first kappa shape index (κ1) is 14.9. The van der Waals surface area contributed by atoms with E-state index in [9.17, 15) is 9.59 Å². The third kappa shape index (κ3) is 5.70. The van der Waals surface area contributed by atoms with Gasteiger partial charge in [0.05, 0.1) is 0 Å². The van der Waals surface area contributed by atoms with Gasteiger partial charge in [-0.2, -0.15) is 0 Å². The Morgan fingerprint density at radius 2 is 2.00 bits per heavy atom. The molecule has 1 atom stereocenters. The highest BCUT2D eigenvalue weighted by Crippen LogP contribution is 2.04. The Balaban J connectivity index is 4.26. The van der Waals surface area contributed by atoms with Gasteiger partial charge in [0.25, 0.3) is 0 Å². The summed E-state index contributed by atoms with van der Waals surface area (Å²) in [5, 5.41) is 8.71. The molecular weight excluding hydrogens is 210 g/mol. The van der Waals surface area contributed by atoms with Gasteiger partial charge >= 0.3 is 5.97 Å². The van der Waals surface area contributed by atoms with Crippen LogP contribution in [0.25, 0.3) is 0 Å². The molecule has 0 bridgehead atoms. The van der Waals surface area contributed by atoms with Gasteiger partial charge < -0.3 is 14.7 Å². The van der Waals surface area contributed by atoms with Crippen molar-refractivity contribution in [3.05, 3.63) is 0 Å². The number of ether oxygens (including phenoxy) is 1. The number of rotatable bonds is 8. The average Bonchev–Trinajstić information content (AvgIpc) is 2.24. The molecule has 0 fully saturated rings. The van der Waals surface area contributed by atoms with Crippen molar-refractivity contribution in [2.24, 2.45) is 0 Å². The SMILES string of the molecule is CCCOCC(=O)N(CC(=O)O)C(C)CC. The summed E-state index contributed by atoms with van der Waals surface area (Å²) in [7, 11) is 0. The minimum Gasteiger partial charge on any atom is -0.480 e. The quantitative estimate of drug-likeness (QED) is 0.636. The summed E-state index contributed by atoms with van der Waals surface area (Å²) in [6.45, 7) is 5.93. The van der Waals surface area contributed by atoms with Gasteiger partial charge in [-0.1, -0.05) is 13.8 Å². The molecule has 0 aromatic carbocycles. The minimum absolute atomic E-state index is 0.0363. The van der Waals surface area contributed by atoms with Crippen molar-refractivity contribution in [2.75, 3.05) is 19.8 Å². The van der Waals surface area contributed by atoms with Crippen LogP contribution in [-0.2, 0) is 14.3 Å². The highest BCUT2D eigenvalue weighted by atomic mass is 16.5. The number of nitrogens with zero attached hydrogens (tertiary/aromatic N) is 1. The average molecular weight is 231 g/mol. The number of hydrogen-bond donors (Lipinski definition) is 1. The Bertz CT molecular complexity index is 230. The molecule has 0 saturated heterocycles. The lowest BCUT2D eigenvalue weighted by Gasteiger charge is -2.26. The molecule has 0 spiro atoms. The van der Waals surface area contributed by atoms with Gasteiger partial charge in [0.2, 0.25) is 5.91 Å². The van der Waals surface area contributed by atoms with Crippen LogP contribution in [0.2, 0.25) is 0 Å². The summed E-state index contributed by atoms with van der Waals surface area (Å²) in [4.78, 5) is 23.7. The number of carboxylic acids is 1. The monoisotopic (exact) mass is 231 g/mol. The molecule has 0 aromatic heterocycles. The van der Waals surface area contributed by atoms with Crippen molar-refractivity contribution in [3.8, 4) is 0 Å². The van der Waals surface area contributed by atoms with E-state index in [4.69, 9.17) is 9.84 Å². The van der Waals surface area contributed by atoms with E-state index in [0.717, 1.165) is 12.8 Å². The molecule has 1 N–H and O–H groups in total. The molecule has 0 aliphatic rings. The molecule has 0 aliphatic heterocycles. The van der Waals surface area contributed by atoms with E-state index in [1.54, 1.807) is 0 Å². The fourth-order valence-corrected chi connectivity index (χ4v) is 1.24. The molecule has 1 amide bonds. The van der Waals surface area contributed by atoms with Crippen molar-refractivity contribution in [1.82, 2.24) is 4.90 Å². The predicted octanol–water partition coefficient (Wildman–Crippen LogP) is 1.12. The first-order valence-electron chi connectivity index (χ1n) is 5.61. The third-order valence-corrected chi connectivity index (χ3v) is 2.32. The van der Waals surface area contributed by atoms with Crippen LogP contribution in [0.3, 0.4) is 0 Å². The summed E-state index contributed by atoms with van der Waals surface area (Å²) < 4.78 is 5.12. The Labute approximate surface area is 96.4 Å². The topological polar surface area (TPSA) is 66.8 Å². The number of amides is 1. The Morgan fingerprint density at radius 3 is 2.44 bits per heavy atom. The van der Waals surface area contributed by atoms with Crippen LogP contribution in [0.5, 0.6) is 0 Å². The van der Waals surface area contributed by atoms with Crippen LogP contribution in [-0.4, -0.2) is 47.7 Å². The maximum absolute atomic E-state index is 11.7. The molecule has 0 rings (SSSR count). The van der Waals surface area contributed by atoms with Crippen molar-refractivity contribution in [1.29, 1.82) is 0 Å². The lowest BCUT2D eigenvalue weighted by molar-refractivity contribution is -0.148. The van der Waals surface area contributed by atoms with Gasteiger partial charge in [-0.25, -0.2) is 0 Å². The summed E-state index contributed by atoms with van der Waals surface area (Å²) in [6, 6.07) is -0.0752. The molecule has 5 heteroatoms. The second-order valence-corrected chi connectivity index (χ2v) is 3.73. The van der Waals surface area contributed by atoms with Crippen LogP contribution < -0.4 is 0 Å². The van der Waals surface area contributed by atoms with E-state index in [1.807, 2.05) is 20.8 Å². The Hall–Kier alpha value is -1.10. The van der Waals surface area contributed by atoms with Gasteiger partial charge in [0.15, 0.2) is 0 Å². The number of aliphatic carboxylic acids is 1. The van der Waals surface area contributed by atoms with Gasteiger partial charge in [-0.05, 0) is 19.8 Å². The third-order valence-electron chi connectivity index (χ3n) is 2.32. The molecule has 1 unspecified atom stereocenters. The fraction of sp³-hybridized carbons (Fsp3) is 0.818. The first-order chi connectivity index (χ1) is 7.52. The van der Waals surface area contributed by atoms with Gasteiger partial charge in [0, 0.05) is 12.6 Å². The van der Waals surface area contributed by atoms with Gasteiger partial charge in [-0.3, -0.25) is 9.59 Å². The molecule has 0 aliphatic carbocycles. The van der Waals surface area contributed by atoms with E-state index >= 15 is 0 Å². The summed E-state index contributed by atoms with van der Waals surface area (Å²) in [5.41, 5.74) is 0. The van der Waals surface area contributed by atoms with Crippen molar-refractivity contribution < 1.29 is 19.4 Å². The lowest BCUT2D eigenvalue weighted by atomic mass is 10.2. The standard InChI is InChI=1S/C11H21NO4/c1-4-6-16-8-10(13)12(7-11(14)15)9(3)5-2/h9H,4-8H2,1-3H3,(H,14,15). The van der Waals surface area contributed by atoms with E-state index in [2.05, 4.69) is 0 Å². The van der Waals surface area contributed by atoms with E-state index in [1.165, 1.54) is 4.90 Å². The largest absolute Gasteiger partial charge is 0.480 e. The van der Waals surface area contributed by atoms with Gasteiger partial charge in [0.1, 0.15) is 13.2 Å². The fourth-order valence-electron chi connectivity index (χ4n) is 1.24. The normalized spacial score (nSPS) is 12.2. The summed E-state index contributed by atoms with van der Waals surface area (Å²) >= 11 is 0. The number of carboxylic acid groups (broad SMARTS) is 1. The zero-order chi connectivity index (χ0) is 12.6. The van der Waals surface area contributed by atoms with Crippen LogP contribution in [0.4, 0.5) is 0 Å². The molecule has 0 aromatic rings. The van der Waals surface area contributed by atoms with Crippen LogP contribution in [0.15, 0.2) is 0 Å². The zero-order valence-corrected chi connectivity index (χ0v) is 10.2. The second kappa shape index (κ2) is 8.10. The summed E-state index contributed by atoms with van der Waals surface area (Å²) in [5.74, 6) is -1.26. The smallest absolute Gasteiger partial charge is 0.323 e. The zero-order valence-electron chi connectivity index (χ0n) is 10.2. The molecular formula is C11H21NO4. The second-order valence-electron chi connectivity index (χ2n) is 3.73. The first-order valence-corrected chi connectivity index (χ1v) is 5.61. The van der Waals surface area contributed by atoms with Crippen molar-refractivity contribution >= 4 is 11.9 Å². The van der Waals surface area contributed by atoms with Crippen LogP contribution in [0.1, 0.15) is 33.6 Å². The number of hydrogen-bond acceptors (Lipinski definition) is 3. The van der Waals surface area contributed by atoms with E-state index < -0.39 is 5.97 Å². The van der Waals surface area contributed by atoms with E-state index in [-0.39, 0.29) is 25.1 Å². The maximum Gasteiger partial charge on any atom is 0.323 e. The highest BCUT2D eigenvalue weighted by Gasteiger charge is 2.21.